The van der Waals surface area contributed by atoms with E-state index in [0.29, 0.717) is 0 Å². The van der Waals surface area contributed by atoms with Crippen LogP contribution in [-0.2, 0) is 14.3 Å². The van der Waals surface area contributed by atoms with E-state index in [1.54, 1.807) is 0 Å². The first-order valence-electron chi connectivity index (χ1n) is 5.52. The van der Waals surface area contributed by atoms with Crippen LogP contribution in [0, 0.1) is 0 Å². The van der Waals surface area contributed by atoms with E-state index in [0.717, 1.165) is 16.3 Å². The Morgan fingerprint density at radius 3 is 3.06 bits per heavy atom. The van der Waals surface area contributed by atoms with Crippen LogP contribution in [0.1, 0.15) is 6.92 Å². The Bertz CT molecular complexity index is 490. The fourth-order valence-corrected chi connectivity index (χ4v) is 2.50. The third-order valence-electron chi connectivity index (χ3n) is 2.57. The molecule has 1 unspecified atom stereocenters. The lowest BCUT2D eigenvalue weighted by Gasteiger charge is -2.22. The molecule has 2 N–H and O–H groups in total. The van der Waals surface area contributed by atoms with Crippen LogP contribution in [0.5, 0.6) is 0 Å². The summed E-state index contributed by atoms with van der Waals surface area (Å²) >= 11 is 1.53. The van der Waals surface area contributed by atoms with Gasteiger partial charge in [-0.2, -0.15) is 0 Å². The number of methoxy groups -OCH3 is 1. The number of fused-ring (bicyclic) bond motifs is 1. The largest absolute Gasteiger partial charge is 0.468 e. The molecule has 1 aromatic rings. The monoisotopic (exact) mass is 266 g/mol. The standard InChI is InChI=1S/C12H14N2O3S/c1-7-12(16)14-9-5-8(3-4-10(9)18-7)13-6-11(15)17-2/h3-5,7,13H,6H2,1-2H3,(H,14,16). The zero-order chi connectivity index (χ0) is 13.1. The number of anilines is 2. The van der Waals surface area contributed by atoms with E-state index in [1.807, 2.05) is 25.1 Å². The molecule has 0 aliphatic carbocycles. The van der Waals surface area contributed by atoms with Crippen LogP contribution in [0.4, 0.5) is 11.4 Å². The zero-order valence-corrected chi connectivity index (χ0v) is 11.0. The van der Waals surface area contributed by atoms with Gasteiger partial charge >= 0.3 is 5.97 Å². The minimum absolute atomic E-state index is 0.00221. The molecule has 0 spiro atoms. The predicted molar refractivity (Wildman–Crippen MR) is 70.9 cm³/mol. The van der Waals surface area contributed by atoms with Crippen LogP contribution in [0.15, 0.2) is 23.1 Å². The topological polar surface area (TPSA) is 67.4 Å². The maximum absolute atomic E-state index is 11.6. The van der Waals surface area contributed by atoms with Crippen LogP contribution in [0.25, 0.3) is 0 Å². The number of nitrogens with one attached hydrogen (secondary N) is 2. The van der Waals surface area contributed by atoms with E-state index in [1.165, 1.54) is 18.9 Å². The quantitative estimate of drug-likeness (QED) is 0.815. The van der Waals surface area contributed by atoms with Gasteiger partial charge in [-0.25, -0.2) is 0 Å². The second-order valence-electron chi connectivity index (χ2n) is 3.89. The van der Waals surface area contributed by atoms with E-state index >= 15 is 0 Å². The van der Waals surface area contributed by atoms with E-state index in [2.05, 4.69) is 15.4 Å². The molecule has 0 saturated heterocycles. The molecule has 1 atom stereocenters. The molecule has 0 aromatic heterocycles. The van der Waals surface area contributed by atoms with Crippen LogP contribution < -0.4 is 10.6 Å². The maximum Gasteiger partial charge on any atom is 0.325 e. The normalized spacial score (nSPS) is 17.7. The highest BCUT2D eigenvalue weighted by Gasteiger charge is 2.22. The van der Waals surface area contributed by atoms with Crippen molar-refractivity contribution in [1.82, 2.24) is 0 Å². The van der Waals surface area contributed by atoms with E-state index < -0.39 is 0 Å². The number of thioether (sulfide) groups is 1. The number of ether oxygens (including phenoxy) is 1. The van der Waals surface area contributed by atoms with Crippen molar-refractivity contribution >= 4 is 35.0 Å². The smallest absolute Gasteiger partial charge is 0.325 e. The minimum atomic E-state index is -0.334. The summed E-state index contributed by atoms with van der Waals surface area (Å²) in [5.41, 5.74) is 1.55. The second-order valence-corrected chi connectivity index (χ2v) is 5.27. The fraction of sp³-hybridized carbons (Fsp3) is 0.333. The minimum Gasteiger partial charge on any atom is -0.468 e. The lowest BCUT2D eigenvalue weighted by molar-refractivity contribution is -0.138. The molecule has 5 nitrogen and oxygen atoms in total. The molecule has 96 valence electrons. The Kier molecular flexibility index (Phi) is 3.76. The molecule has 6 heteroatoms. The van der Waals surface area contributed by atoms with Crippen molar-refractivity contribution in [3.8, 4) is 0 Å². The van der Waals surface area contributed by atoms with Crippen LogP contribution >= 0.6 is 11.8 Å². The van der Waals surface area contributed by atoms with Gasteiger partial charge in [0.1, 0.15) is 6.54 Å². The summed E-state index contributed by atoms with van der Waals surface area (Å²) < 4.78 is 4.54. The number of carbonyl (C=O) groups excluding carboxylic acids is 2. The van der Waals surface area contributed by atoms with Gasteiger partial charge in [-0.05, 0) is 25.1 Å². The Labute approximate surface area is 109 Å². The van der Waals surface area contributed by atoms with Crippen molar-refractivity contribution in [2.24, 2.45) is 0 Å². The first-order chi connectivity index (χ1) is 8.60. The molecule has 1 heterocycles. The Morgan fingerprint density at radius 1 is 1.56 bits per heavy atom. The molecular weight excluding hydrogens is 252 g/mol. The molecule has 1 aliphatic rings. The highest BCUT2D eigenvalue weighted by Crippen LogP contribution is 2.36. The molecular formula is C12H14N2O3S. The number of hydrogen-bond acceptors (Lipinski definition) is 5. The Hall–Kier alpha value is -1.69. The molecule has 2 rings (SSSR count). The maximum atomic E-state index is 11.6. The number of hydrogen-bond donors (Lipinski definition) is 2. The number of benzene rings is 1. The lowest BCUT2D eigenvalue weighted by Crippen LogP contribution is -2.26. The molecule has 1 amide bonds. The van der Waals surface area contributed by atoms with Gasteiger partial charge in [0, 0.05) is 10.6 Å². The highest BCUT2D eigenvalue weighted by atomic mass is 32.2. The SMILES string of the molecule is COC(=O)CNc1ccc2c(c1)NC(=O)C(C)S2. The first-order valence-corrected chi connectivity index (χ1v) is 6.40. The highest BCUT2D eigenvalue weighted by molar-refractivity contribution is 8.00. The van der Waals surface area contributed by atoms with E-state index in [-0.39, 0.29) is 23.7 Å². The molecule has 0 fully saturated rings. The van der Waals surface area contributed by atoms with Gasteiger partial charge in [0.25, 0.3) is 0 Å². The van der Waals surface area contributed by atoms with Gasteiger partial charge < -0.3 is 15.4 Å². The molecule has 0 bridgehead atoms. The number of amides is 1. The number of carbonyl (C=O) groups is 2. The molecule has 1 aromatic carbocycles. The fourth-order valence-electron chi connectivity index (χ4n) is 1.57. The van der Waals surface area contributed by atoms with Gasteiger partial charge in [-0.15, -0.1) is 11.8 Å². The zero-order valence-electron chi connectivity index (χ0n) is 10.1. The third kappa shape index (κ3) is 2.76. The van der Waals surface area contributed by atoms with Gasteiger partial charge in [-0.3, -0.25) is 9.59 Å². The van der Waals surface area contributed by atoms with Gasteiger partial charge in [0.15, 0.2) is 0 Å². The summed E-state index contributed by atoms with van der Waals surface area (Å²) in [6, 6.07) is 5.61. The van der Waals surface area contributed by atoms with Crippen molar-refractivity contribution in [2.75, 3.05) is 24.3 Å². The lowest BCUT2D eigenvalue weighted by atomic mass is 10.2. The van der Waals surface area contributed by atoms with Gasteiger partial charge in [0.2, 0.25) is 5.91 Å². The summed E-state index contributed by atoms with van der Waals surface area (Å²) in [5, 5.41) is 5.69. The average Bonchev–Trinajstić information content (AvgIpc) is 2.37. The van der Waals surface area contributed by atoms with Crippen LogP contribution in [-0.4, -0.2) is 30.8 Å². The van der Waals surface area contributed by atoms with Gasteiger partial charge in [-0.1, -0.05) is 0 Å². The third-order valence-corrected chi connectivity index (χ3v) is 3.75. The summed E-state index contributed by atoms with van der Waals surface area (Å²) in [6.07, 6.45) is 0. The predicted octanol–water partition coefficient (Wildman–Crippen LogP) is 1.70. The molecule has 0 saturated carbocycles. The summed E-state index contributed by atoms with van der Waals surface area (Å²) in [4.78, 5) is 23.6. The van der Waals surface area contributed by atoms with E-state index in [4.69, 9.17) is 0 Å². The summed E-state index contributed by atoms with van der Waals surface area (Å²) in [7, 11) is 1.34. The first kappa shape index (κ1) is 12.8. The van der Waals surface area contributed by atoms with Crippen molar-refractivity contribution in [3.63, 3.8) is 0 Å². The van der Waals surface area contributed by atoms with Crippen molar-refractivity contribution < 1.29 is 14.3 Å². The Balaban J connectivity index is 2.10. The van der Waals surface area contributed by atoms with Crippen LogP contribution in [0.2, 0.25) is 0 Å². The Morgan fingerprint density at radius 2 is 2.33 bits per heavy atom. The van der Waals surface area contributed by atoms with E-state index in [9.17, 15) is 9.59 Å². The molecule has 18 heavy (non-hydrogen) atoms. The molecule has 1 aliphatic heterocycles. The summed E-state index contributed by atoms with van der Waals surface area (Å²) in [6.45, 7) is 1.97. The molecule has 0 radical (unpaired) electrons. The van der Waals surface area contributed by atoms with Crippen molar-refractivity contribution in [3.05, 3.63) is 18.2 Å². The average molecular weight is 266 g/mol. The number of rotatable bonds is 3. The summed E-state index contributed by atoms with van der Waals surface area (Å²) in [5.74, 6) is -0.336. The van der Waals surface area contributed by atoms with Crippen molar-refractivity contribution in [2.45, 2.75) is 17.1 Å². The van der Waals surface area contributed by atoms with Gasteiger partial charge in [0.05, 0.1) is 18.0 Å². The second kappa shape index (κ2) is 5.30. The van der Waals surface area contributed by atoms with Crippen molar-refractivity contribution in [1.29, 1.82) is 0 Å². The van der Waals surface area contributed by atoms with Crippen LogP contribution in [0.3, 0.4) is 0 Å². The number of esters is 1.